The summed E-state index contributed by atoms with van der Waals surface area (Å²) >= 11 is 1.75. The van der Waals surface area contributed by atoms with Gasteiger partial charge in [-0.05, 0) is 0 Å². The third kappa shape index (κ3) is 1.70. The molecule has 0 heterocycles. The molecule has 20 heavy (non-hydrogen) atoms. The summed E-state index contributed by atoms with van der Waals surface area (Å²) in [6.07, 6.45) is 0. The topological polar surface area (TPSA) is 0 Å². The standard InChI is InChI=1S/C19H13At/c1-12-15-7-3-2-6-13(15)10-14-11-18(20)16-8-4-5-9-17(16)19(12)14/h2-11H,1H3. The van der Waals surface area contributed by atoms with Crippen molar-refractivity contribution < 1.29 is 24.7 Å². The molecule has 0 amide bonds. The summed E-state index contributed by atoms with van der Waals surface area (Å²) in [4.78, 5) is 0. The molecule has 4 rings (SSSR count). The van der Waals surface area contributed by atoms with Gasteiger partial charge in [0.1, 0.15) is 0 Å². The zero-order valence-corrected chi connectivity index (χ0v) is 14.1. The monoisotopic (exact) mass is 451 g/mol. The van der Waals surface area contributed by atoms with Crippen molar-refractivity contribution >= 4 is 35.6 Å². The Morgan fingerprint density at radius 2 is 1.35 bits per heavy atom. The van der Waals surface area contributed by atoms with Gasteiger partial charge >= 0.3 is 133 Å². The average Bonchev–Trinajstić information content (AvgIpc) is 2.47. The van der Waals surface area contributed by atoms with E-state index in [1.165, 1.54) is 41.2 Å². The Morgan fingerprint density at radius 3 is 2.15 bits per heavy atom. The fourth-order valence-corrected chi connectivity index (χ4v) is 4.25. The molecule has 0 bridgehead atoms. The molecule has 0 unspecified atom stereocenters. The number of hydrogen-bond donors (Lipinski definition) is 0. The van der Waals surface area contributed by atoms with Crippen LogP contribution in [0.5, 0.6) is 0 Å². The quantitative estimate of drug-likeness (QED) is 0.270. The van der Waals surface area contributed by atoms with E-state index in [1.807, 2.05) is 0 Å². The van der Waals surface area contributed by atoms with E-state index in [0.717, 1.165) is 0 Å². The van der Waals surface area contributed by atoms with Crippen molar-refractivity contribution in [2.24, 2.45) is 0 Å². The number of aryl methyl sites for hydroxylation is 1. The summed E-state index contributed by atoms with van der Waals surface area (Å²) in [5.41, 5.74) is 1.39. The summed E-state index contributed by atoms with van der Waals surface area (Å²) in [6, 6.07) is 22.1. The average molecular weight is 451 g/mol. The summed E-state index contributed by atoms with van der Waals surface area (Å²) in [5, 5.41) is 8.22. The molecule has 0 aromatic heterocycles. The van der Waals surface area contributed by atoms with Crippen molar-refractivity contribution in [1.29, 1.82) is 0 Å². The van der Waals surface area contributed by atoms with Gasteiger partial charge in [0.05, 0.1) is 0 Å². The van der Waals surface area contributed by atoms with Crippen LogP contribution >= 0.6 is 0 Å². The molecular formula is C19H13At. The first-order valence-electron chi connectivity index (χ1n) is 6.75. The number of rotatable bonds is 0. The molecule has 0 radical (unpaired) electrons. The van der Waals surface area contributed by atoms with Gasteiger partial charge in [0.25, 0.3) is 0 Å². The van der Waals surface area contributed by atoms with Gasteiger partial charge in [-0.2, -0.15) is 0 Å². The minimum absolute atomic E-state index is 1.33. The Labute approximate surface area is 133 Å². The van der Waals surface area contributed by atoms with Gasteiger partial charge in [0.2, 0.25) is 0 Å². The molecule has 0 fully saturated rings. The third-order valence-corrected chi connectivity index (χ3v) is 5.29. The van der Waals surface area contributed by atoms with Crippen LogP contribution in [0.4, 0.5) is 0 Å². The SMILES string of the molecule is Cc1c2ccccc2cc2cc([At])c3ccccc3c12. The van der Waals surface area contributed by atoms with Crippen LogP contribution in [0.15, 0.2) is 60.7 Å². The molecule has 4 aromatic rings. The molecular weight excluding hydrogens is 438 g/mol. The van der Waals surface area contributed by atoms with E-state index in [1.54, 1.807) is 24.7 Å². The summed E-state index contributed by atoms with van der Waals surface area (Å²) in [6.45, 7) is 2.25. The molecule has 0 saturated heterocycles. The van der Waals surface area contributed by atoms with Gasteiger partial charge < -0.3 is 0 Å². The van der Waals surface area contributed by atoms with Crippen molar-refractivity contribution in [3.8, 4) is 0 Å². The predicted octanol–water partition coefficient (Wildman–Crippen LogP) is 4.63. The van der Waals surface area contributed by atoms with Gasteiger partial charge in [-0.1, -0.05) is 0 Å². The Bertz CT molecular complexity index is 967. The van der Waals surface area contributed by atoms with Gasteiger partial charge in [-0.25, -0.2) is 0 Å². The third-order valence-electron chi connectivity index (χ3n) is 4.08. The number of hydrogen-bond acceptors (Lipinski definition) is 0. The van der Waals surface area contributed by atoms with Crippen molar-refractivity contribution in [2.75, 3.05) is 0 Å². The van der Waals surface area contributed by atoms with Crippen LogP contribution in [0.1, 0.15) is 5.56 Å². The van der Waals surface area contributed by atoms with Gasteiger partial charge in [0.15, 0.2) is 0 Å². The van der Waals surface area contributed by atoms with Crippen LogP contribution in [0, 0.1) is 31.6 Å². The molecule has 4 aromatic carbocycles. The Balaban J connectivity index is 2.35. The molecule has 0 aliphatic carbocycles. The van der Waals surface area contributed by atoms with E-state index in [9.17, 15) is 0 Å². The molecule has 0 aliphatic heterocycles. The zero-order valence-electron chi connectivity index (χ0n) is 11.2. The fourth-order valence-electron chi connectivity index (χ4n) is 3.15. The predicted molar refractivity (Wildman–Crippen MR) is 83.3 cm³/mol. The summed E-state index contributed by atoms with van der Waals surface area (Å²) in [5.74, 6) is 0. The second-order valence-corrected chi connectivity index (χ2v) is 6.81. The van der Waals surface area contributed by atoms with E-state index < -0.39 is 0 Å². The second kappa shape index (κ2) is 4.53. The summed E-state index contributed by atoms with van der Waals surface area (Å²) < 4.78 is 1.41. The van der Waals surface area contributed by atoms with Crippen LogP contribution in [0.2, 0.25) is 0 Å². The first-order chi connectivity index (χ1) is 9.75. The molecule has 0 atom stereocenters. The first kappa shape index (κ1) is 12.3. The van der Waals surface area contributed by atoms with Crippen LogP contribution in [0.25, 0.3) is 32.3 Å². The van der Waals surface area contributed by atoms with E-state index in [-0.39, 0.29) is 0 Å². The minimum atomic E-state index is 1.33. The first-order valence-corrected chi connectivity index (χ1v) is 8.22. The number of fused-ring (bicyclic) bond motifs is 4. The van der Waals surface area contributed by atoms with Gasteiger partial charge in [-0.15, -0.1) is 0 Å². The van der Waals surface area contributed by atoms with Gasteiger partial charge in [-0.3, -0.25) is 0 Å². The molecule has 1 heteroatoms. The van der Waals surface area contributed by atoms with E-state index in [4.69, 9.17) is 0 Å². The van der Waals surface area contributed by atoms with E-state index in [0.29, 0.717) is 0 Å². The molecule has 96 valence electrons. The van der Waals surface area contributed by atoms with E-state index >= 15 is 0 Å². The van der Waals surface area contributed by atoms with Crippen molar-refractivity contribution in [1.82, 2.24) is 0 Å². The molecule has 0 nitrogen and oxygen atoms in total. The van der Waals surface area contributed by atoms with Crippen LogP contribution in [-0.4, -0.2) is 0 Å². The van der Waals surface area contributed by atoms with Crippen LogP contribution in [0.3, 0.4) is 0 Å². The second-order valence-electron chi connectivity index (χ2n) is 5.22. The molecule has 0 aliphatic rings. The van der Waals surface area contributed by atoms with Crippen molar-refractivity contribution in [2.45, 2.75) is 6.92 Å². The number of benzene rings is 4. The van der Waals surface area contributed by atoms with Crippen LogP contribution < -0.4 is 3.27 Å². The molecule has 0 spiro atoms. The summed E-state index contributed by atoms with van der Waals surface area (Å²) in [7, 11) is 0. The van der Waals surface area contributed by atoms with Crippen molar-refractivity contribution in [3.05, 3.63) is 66.2 Å². The van der Waals surface area contributed by atoms with E-state index in [2.05, 4.69) is 67.6 Å². The molecule has 0 N–H and O–H groups in total. The Kier molecular flexibility index (Phi) is 2.79. The van der Waals surface area contributed by atoms with Crippen LogP contribution in [-0.2, 0) is 0 Å². The molecule has 0 saturated carbocycles. The van der Waals surface area contributed by atoms with Crippen molar-refractivity contribution in [3.63, 3.8) is 0 Å². The normalized spacial score (nSPS) is 11.5. The maximum atomic E-state index is 2.34. The Hall–Kier alpha value is -1.46. The zero-order chi connectivity index (χ0) is 13.7. The fraction of sp³-hybridized carbons (Fsp3) is 0.0526. The Morgan fingerprint density at radius 1 is 0.700 bits per heavy atom. The van der Waals surface area contributed by atoms with Gasteiger partial charge in [0, 0.05) is 0 Å². The maximum absolute atomic E-state index is 2.34.